The normalized spacial score (nSPS) is 18.0. The molecular formula is C12H18BrNS. The van der Waals surface area contributed by atoms with Crippen molar-refractivity contribution < 1.29 is 0 Å². The number of halogens is 1. The summed E-state index contributed by atoms with van der Waals surface area (Å²) in [5, 5.41) is 5.61. The molecule has 1 atom stereocenters. The molecule has 2 rings (SSSR count). The third-order valence-corrected chi connectivity index (χ3v) is 5.16. The van der Waals surface area contributed by atoms with Crippen LogP contribution in [0.25, 0.3) is 0 Å². The lowest BCUT2D eigenvalue weighted by Crippen LogP contribution is -2.27. The van der Waals surface area contributed by atoms with Gasteiger partial charge in [0, 0.05) is 15.4 Å². The van der Waals surface area contributed by atoms with E-state index < -0.39 is 0 Å². The Morgan fingerprint density at radius 2 is 2.40 bits per heavy atom. The number of rotatable bonds is 6. The molecule has 1 aliphatic carbocycles. The molecule has 0 amide bonds. The highest BCUT2D eigenvalue weighted by molar-refractivity contribution is 9.10. The molecule has 1 nitrogen and oxygen atoms in total. The molecule has 0 aliphatic heterocycles. The molecule has 1 fully saturated rings. The summed E-state index contributed by atoms with van der Waals surface area (Å²) in [6, 6.07) is 2.92. The van der Waals surface area contributed by atoms with Crippen LogP contribution in [0, 0.1) is 5.92 Å². The first kappa shape index (κ1) is 11.6. The van der Waals surface area contributed by atoms with Crippen LogP contribution in [-0.4, -0.2) is 13.1 Å². The van der Waals surface area contributed by atoms with Gasteiger partial charge in [-0.05, 0) is 72.4 Å². The van der Waals surface area contributed by atoms with Crippen LogP contribution in [0.1, 0.15) is 30.6 Å². The fourth-order valence-corrected chi connectivity index (χ4v) is 3.70. The molecule has 3 heteroatoms. The molecule has 1 aliphatic rings. The van der Waals surface area contributed by atoms with Gasteiger partial charge in [0.1, 0.15) is 0 Å². The predicted octanol–water partition coefficient (Wildman–Crippen LogP) is 3.83. The summed E-state index contributed by atoms with van der Waals surface area (Å²) in [4.78, 5) is 1.50. The molecule has 0 spiro atoms. The number of nitrogens with one attached hydrogen (secondary N) is 1. The average Bonchev–Trinajstić information content (AvgIpc) is 2.99. The minimum Gasteiger partial charge on any atom is -0.317 e. The fraction of sp³-hybridized carbons (Fsp3) is 0.667. The van der Waals surface area contributed by atoms with Gasteiger partial charge in [-0.3, -0.25) is 0 Å². The van der Waals surface area contributed by atoms with Crippen LogP contribution in [0.15, 0.2) is 15.9 Å². The fourth-order valence-electron chi connectivity index (χ4n) is 2.10. The first-order valence-electron chi connectivity index (χ1n) is 5.70. The molecule has 84 valence electrons. The standard InChI is InChI=1S/C12H18BrNS/c1-14-11(9-5-6-9)3-2-4-12-10(13)7-8-15-12/h7-9,11,14H,2-6H2,1H3. The molecular weight excluding hydrogens is 270 g/mol. The van der Waals surface area contributed by atoms with E-state index in [4.69, 9.17) is 0 Å². The second kappa shape index (κ2) is 5.46. The van der Waals surface area contributed by atoms with Crippen molar-refractivity contribution in [1.82, 2.24) is 5.32 Å². The summed E-state index contributed by atoms with van der Waals surface area (Å²) in [5.74, 6) is 0.974. The van der Waals surface area contributed by atoms with Crippen molar-refractivity contribution >= 4 is 27.3 Å². The van der Waals surface area contributed by atoms with Crippen molar-refractivity contribution in [1.29, 1.82) is 0 Å². The Morgan fingerprint density at radius 3 is 2.93 bits per heavy atom. The zero-order chi connectivity index (χ0) is 10.7. The highest BCUT2D eigenvalue weighted by atomic mass is 79.9. The van der Waals surface area contributed by atoms with Gasteiger partial charge in [-0.15, -0.1) is 11.3 Å². The van der Waals surface area contributed by atoms with Gasteiger partial charge in [-0.25, -0.2) is 0 Å². The summed E-state index contributed by atoms with van der Waals surface area (Å²) in [5.41, 5.74) is 0. The summed E-state index contributed by atoms with van der Waals surface area (Å²) < 4.78 is 1.29. The van der Waals surface area contributed by atoms with Crippen LogP contribution >= 0.6 is 27.3 Å². The van der Waals surface area contributed by atoms with Gasteiger partial charge >= 0.3 is 0 Å². The molecule has 0 bridgehead atoms. The second-order valence-corrected chi connectivity index (χ2v) is 6.17. The van der Waals surface area contributed by atoms with E-state index in [9.17, 15) is 0 Å². The first-order chi connectivity index (χ1) is 7.31. The molecule has 1 N–H and O–H groups in total. The van der Waals surface area contributed by atoms with E-state index in [2.05, 4.69) is 39.7 Å². The van der Waals surface area contributed by atoms with Crippen LogP contribution in [0.4, 0.5) is 0 Å². The quantitative estimate of drug-likeness (QED) is 0.839. The van der Waals surface area contributed by atoms with Crippen molar-refractivity contribution in [3.05, 3.63) is 20.8 Å². The summed E-state index contributed by atoms with van der Waals surface area (Å²) in [6.07, 6.45) is 6.73. The SMILES string of the molecule is CNC(CCCc1sccc1Br)C1CC1. The third kappa shape index (κ3) is 3.30. The smallest absolute Gasteiger partial charge is 0.0314 e. The molecule has 1 heterocycles. The first-order valence-corrected chi connectivity index (χ1v) is 7.37. The molecule has 0 radical (unpaired) electrons. The van der Waals surface area contributed by atoms with Gasteiger partial charge in [0.25, 0.3) is 0 Å². The summed E-state index contributed by atoms with van der Waals surface area (Å²) in [7, 11) is 2.10. The van der Waals surface area contributed by atoms with E-state index in [0.717, 1.165) is 12.0 Å². The van der Waals surface area contributed by atoms with Crippen LogP contribution in [0.2, 0.25) is 0 Å². The molecule has 0 saturated heterocycles. The zero-order valence-electron chi connectivity index (χ0n) is 9.13. The largest absolute Gasteiger partial charge is 0.317 e. The summed E-state index contributed by atoms with van der Waals surface area (Å²) in [6.45, 7) is 0. The van der Waals surface area contributed by atoms with Crippen molar-refractivity contribution in [3.8, 4) is 0 Å². The molecule has 1 saturated carbocycles. The van der Waals surface area contributed by atoms with Gasteiger partial charge in [0.05, 0.1) is 0 Å². The van der Waals surface area contributed by atoms with E-state index in [1.807, 2.05) is 11.3 Å². The number of hydrogen-bond donors (Lipinski definition) is 1. The van der Waals surface area contributed by atoms with Crippen LogP contribution < -0.4 is 5.32 Å². The molecule has 0 aromatic carbocycles. The number of hydrogen-bond acceptors (Lipinski definition) is 2. The Hall–Kier alpha value is 0.140. The molecule has 15 heavy (non-hydrogen) atoms. The highest BCUT2D eigenvalue weighted by Crippen LogP contribution is 2.34. The molecule has 1 aromatic rings. The lowest BCUT2D eigenvalue weighted by Gasteiger charge is -2.14. The van der Waals surface area contributed by atoms with Crippen LogP contribution in [0.5, 0.6) is 0 Å². The monoisotopic (exact) mass is 287 g/mol. The van der Waals surface area contributed by atoms with E-state index >= 15 is 0 Å². The lowest BCUT2D eigenvalue weighted by molar-refractivity contribution is 0.457. The van der Waals surface area contributed by atoms with Crippen LogP contribution in [0.3, 0.4) is 0 Å². The van der Waals surface area contributed by atoms with Crippen LogP contribution in [-0.2, 0) is 6.42 Å². The van der Waals surface area contributed by atoms with Crippen molar-refractivity contribution in [2.24, 2.45) is 5.92 Å². The third-order valence-electron chi connectivity index (χ3n) is 3.17. The van der Waals surface area contributed by atoms with Gasteiger partial charge in [0.2, 0.25) is 0 Å². The maximum atomic E-state index is 3.59. The van der Waals surface area contributed by atoms with Gasteiger partial charge in [0.15, 0.2) is 0 Å². The maximum absolute atomic E-state index is 3.59. The Bertz CT molecular complexity index is 306. The van der Waals surface area contributed by atoms with E-state index in [-0.39, 0.29) is 0 Å². The van der Waals surface area contributed by atoms with E-state index in [0.29, 0.717) is 0 Å². The van der Waals surface area contributed by atoms with Gasteiger partial charge in [-0.2, -0.15) is 0 Å². The Labute approximate surface area is 104 Å². The Balaban J connectivity index is 1.72. The lowest BCUT2D eigenvalue weighted by atomic mass is 10.1. The average molecular weight is 288 g/mol. The minimum atomic E-state index is 0.767. The zero-order valence-corrected chi connectivity index (χ0v) is 11.5. The Morgan fingerprint density at radius 1 is 1.60 bits per heavy atom. The second-order valence-electron chi connectivity index (χ2n) is 4.32. The molecule has 1 unspecified atom stereocenters. The van der Waals surface area contributed by atoms with Crippen molar-refractivity contribution in [2.75, 3.05) is 7.05 Å². The number of thiophene rings is 1. The minimum absolute atomic E-state index is 0.767. The maximum Gasteiger partial charge on any atom is 0.0314 e. The molecule has 1 aromatic heterocycles. The Kier molecular flexibility index (Phi) is 4.23. The summed E-state index contributed by atoms with van der Waals surface area (Å²) >= 11 is 5.45. The number of aryl methyl sites for hydroxylation is 1. The predicted molar refractivity (Wildman–Crippen MR) is 70.5 cm³/mol. The van der Waals surface area contributed by atoms with Gasteiger partial charge < -0.3 is 5.32 Å². The van der Waals surface area contributed by atoms with Crippen molar-refractivity contribution in [3.63, 3.8) is 0 Å². The topological polar surface area (TPSA) is 12.0 Å². The van der Waals surface area contributed by atoms with E-state index in [1.165, 1.54) is 41.5 Å². The van der Waals surface area contributed by atoms with Gasteiger partial charge in [-0.1, -0.05) is 0 Å². The van der Waals surface area contributed by atoms with E-state index in [1.54, 1.807) is 0 Å². The van der Waals surface area contributed by atoms with Crippen molar-refractivity contribution in [2.45, 2.75) is 38.1 Å². The highest BCUT2D eigenvalue weighted by Gasteiger charge is 2.29.